The third-order valence-corrected chi connectivity index (χ3v) is 17.5. The molecule has 0 amide bonds. The zero-order chi connectivity index (χ0) is 37.6. The number of hydrogen-bond donors (Lipinski definition) is 0. The third kappa shape index (κ3) is 4.16. The van der Waals surface area contributed by atoms with Gasteiger partial charge in [0.05, 0.1) is 10.6 Å². The SMILES string of the molecule is c1cc2c3c(c1)Oc1ccc4ccccc4c1P3c1cc3cccc(-c4cc5c(c6ccccc46)P4c6c(cccc6O5)Oc5ccc6ccccc6c54)c3cc1O2. The van der Waals surface area contributed by atoms with E-state index in [1.54, 1.807) is 0 Å². The largest absolute Gasteiger partial charge is 0.456 e. The minimum Gasteiger partial charge on any atom is -0.456 e. The molecule has 6 heteroatoms. The van der Waals surface area contributed by atoms with E-state index in [0.717, 1.165) is 73.1 Å². The van der Waals surface area contributed by atoms with Crippen LogP contribution in [0.1, 0.15) is 0 Å². The maximum absolute atomic E-state index is 6.98. The van der Waals surface area contributed by atoms with Crippen molar-refractivity contribution in [3.63, 3.8) is 0 Å². The Morgan fingerprint density at radius 2 is 0.741 bits per heavy atom. The fourth-order valence-electron chi connectivity index (χ4n) is 9.68. The highest BCUT2D eigenvalue weighted by Crippen LogP contribution is 2.57. The van der Waals surface area contributed by atoms with Crippen LogP contribution in [-0.4, -0.2) is 0 Å². The first-order valence-electron chi connectivity index (χ1n) is 19.5. The lowest BCUT2D eigenvalue weighted by atomic mass is 9.93. The van der Waals surface area contributed by atoms with E-state index in [0.29, 0.717) is 0 Å². The van der Waals surface area contributed by atoms with Crippen molar-refractivity contribution in [2.24, 2.45) is 0 Å². The van der Waals surface area contributed by atoms with Gasteiger partial charge in [-0.15, -0.1) is 0 Å². The molecular weight excluding hydrogens is 751 g/mol. The number of benzene rings is 10. The van der Waals surface area contributed by atoms with Gasteiger partial charge in [-0.2, -0.15) is 0 Å². The summed E-state index contributed by atoms with van der Waals surface area (Å²) in [7, 11) is -1.98. The molecule has 270 valence electrons. The first kappa shape index (κ1) is 31.4. The van der Waals surface area contributed by atoms with E-state index < -0.39 is 15.8 Å². The molecule has 0 fully saturated rings. The van der Waals surface area contributed by atoms with E-state index in [-0.39, 0.29) is 0 Å². The molecule has 14 rings (SSSR count). The number of hydrogen-bond acceptors (Lipinski definition) is 4. The highest BCUT2D eigenvalue weighted by atomic mass is 31.1. The summed E-state index contributed by atoms with van der Waals surface area (Å²) in [6.45, 7) is 0. The maximum Gasteiger partial charge on any atom is 0.139 e. The van der Waals surface area contributed by atoms with Crippen molar-refractivity contribution in [1.29, 1.82) is 0 Å². The zero-order valence-corrected chi connectivity index (χ0v) is 32.5. The van der Waals surface area contributed by atoms with Crippen LogP contribution in [0.3, 0.4) is 0 Å². The molecular formula is C52H28O4P2. The normalized spacial score (nSPS) is 16.1. The van der Waals surface area contributed by atoms with Crippen LogP contribution < -0.4 is 50.8 Å². The van der Waals surface area contributed by atoms with Gasteiger partial charge in [0.15, 0.2) is 0 Å². The van der Waals surface area contributed by atoms with Crippen molar-refractivity contribution in [1.82, 2.24) is 0 Å². The summed E-state index contributed by atoms with van der Waals surface area (Å²) in [5.74, 6) is 7.11. The molecule has 4 heterocycles. The molecule has 0 bridgehead atoms. The Kier molecular flexibility index (Phi) is 6.20. The lowest BCUT2D eigenvalue weighted by Gasteiger charge is -2.36. The van der Waals surface area contributed by atoms with Crippen molar-refractivity contribution in [2.75, 3.05) is 0 Å². The Morgan fingerprint density at radius 1 is 0.259 bits per heavy atom. The minimum atomic E-state index is -1.01. The van der Waals surface area contributed by atoms with Crippen LogP contribution in [0.25, 0.3) is 54.2 Å². The molecule has 10 aromatic carbocycles. The van der Waals surface area contributed by atoms with Crippen LogP contribution in [0, 0.1) is 0 Å². The van der Waals surface area contributed by atoms with Crippen LogP contribution >= 0.6 is 15.8 Å². The molecule has 0 aliphatic carbocycles. The summed E-state index contributed by atoms with van der Waals surface area (Å²) in [6, 6.07) is 60.8. The molecule has 10 aromatic rings. The topological polar surface area (TPSA) is 36.9 Å². The average molecular weight is 779 g/mol. The van der Waals surface area contributed by atoms with Gasteiger partial charge in [0.25, 0.3) is 0 Å². The standard InChI is InChI=1S/C52H28O4P2/c1-3-13-32-29(10-1)22-24-43-48(32)57-47-26-31-12-7-17-35(37(31)27-45(47)55-40-19-8-18-39(53-43)51(40)57)38-28-46-50(36-16-6-5-15-34(36)38)58-49-33-14-4-2-11-30(33)23-25-44(49)54-41-20-9-21-42(56-46)52(41)58/h1-28H. The second-order valence-corrected chi connectivity index (χ2v) is 19.3. The third-order valence-electron chi connectivity index (χ3n) is 12.1. The summed E-state index contributed by atoms with van der Waals surface area (Å²) in [6.07, 6.45) is 0. The average Bonchev–Trinajstić information content (AvgIpc) is 3.27. The smallest absolute Gasteiger partial charge is 0.139 e. The summed E-state index contributed by atoms with van der Waals surface area (Å²) in [4.78, 5) is 0. The highest BCUT2D eigenvalue weighted by molar-refractivity contribution is 7.82. The summed E-state index contributed by atoms with van der Waals surface area (Å²) < 4.78 is 27.1. The Morgan fingerprint density at radius 3 is 1.41 bits per heavy atom. The molecule has 2 atom stereocenters. The fraction of sp³-hybridized carbons (Fsp3) is 0. The molecule has 0 aromatic heterocycles. The van der Waals surface area contributed by atoms with E-state index in [1.807, 2.05) is 12.1 Å². The van der Waals surface area contributed by atoms with Crippen molar-refractivity contribution >= 4 is 90.8 Å². The summed E-state index contributed by atoms with van der Waals surface area (Å²) in [5.41, 5.74) is 2.27. The van der Waals surface area contributed by atoms with Crippen LogP contribution in [-0.2, 0) is 0 Å². The zero-order valence-electron chi connectivity index (χ0n) is 30.7. The van der Waals surface area contributed by atoms with Gasteiger partial charge in [-0.1, -0.05) is 115 Å². The monoisotopic (exact) mass is 778 g/mol. The Bertz CT molecular complexity index is 3500. The summed E-state index contributed by atoms with van der Waals surface area (Å²) >= 11 is 0. The predicted octanol–water partition coefficient (Wildman–Crippen LogP) is 11.9. The molecule has 0 saturated carbocycles. The van der Waals surface area contributed by atoms with Crippen LogP contribution in [0.4, 0.5) is 0 Å². The first-order valence-corrected chi connectivity index (χ1v) is 22.2. The fourth-order valence-corrected chi connectivity index (χ4v) is 15.4. The number of ether oxygens (including phenoxy) is 4. The number of rotatable bonds is 1. The van der Waals surface area contributed by atoms with E-state index in [2.05, 4.69) is 158 Å². The van der Waals surface area contributed by atoms with Crippen molar-refractivity contribution in [2.45, 2.75) is 0 Å². The minimum absolute atomic E-state index is 0.862. The van der Waals surface area contributed by atoms with E-state index in [9.17, 15) is 0 Å². The first-order chi connectivity index (χ1) is 28.7. The van der Waals surface area contributed by atoms with Crippen molar-refractivity contribution < 1.29 is 18.9 Å². The summed E-state index contributed by atoms with van der Waals surface area (Å²) in [5, 5.41) is 16.8. The van der Waals surface area contributed by atoms with Gasteiger partial charge in [-0.05, 0) is 109 Å². The highest BCUT2D eigenvalue weighted by Gasteiger charge is 2.41. The second kappa shape index (κ2) is 11.5. The van der Waals surface area contributed by atoms with E-state index in [1.165, 1.54) is 58.9 Å². The molecule has 2 unspecified atom stereocenters. The van der Waals surface area contributed by atoms with Gasteiger partial charge in [-0.25, -0.2) is 0 Å². The predicted molar refractivity (Wildman–Crippen MR) is 240 cm³/mol. The molecule has 58 heavy (non-hydrogen) atoms. The molecule has 0 saturated heterocycles. The van der Waals surface area contributed by atoms with Gasteiger partial charge in [0.2, 0.25) is 0 Å². The van der Waals surface area contributed by atoms with Crippen molar-refractivity contribution in [3.8, 4) is 57.1 Å². The quantitative estimate of drug-likeness (QED) is 0.156. The van der Waals surface area contributed by atoms with Crippen molar-refractivity contribution in [3.05, 3.63) is 170 Å². The molecule has 0 N–H and O–H groups in total. The molecule has 0 spiro atoms. The van der Waals surface area contributed by atoms with Gasteiger partial charge in [0.1, 0.15) is 46.0 Å². The molecule has 4 aliphatic rings. The van der Waals surface area contributed by atoms with Gasteiger partial charge < -0.3 is 18.9 Å². The Labute approximate surface area is 335 Å². The van der Waals surface area contributed by atoms with Gasteiger partial charge in [0, 0.05) is 37.1 Å². The Balaban J connectivity index is 1.01. The van der Waals surface area contributed by atoms with Crippen LogP contribution in [0.15, 0.2) is 170 Å². The second-order valence-electron chi connectivity index (χ2n) is 15.2. The molecule has 4 nitrogen and oxygen atoms in total. The van der Waals surface area contributed by atoms with Crippen LogP contribution in [0.2, 0.25) is 0 Å². The molecule has 0 radical (unpaired) electrons. The lowest BCUT2D eigenvalue weighted by molar-refractivity contribution is 0.467. The van der Waals surface area contributed by atoms with Gasteiger partial charge >= 0.3 is 0 Å². The number of fused-ring (bicyclic) bond motifs is 15. The van der Waals surface area contributed by atoms with E-state index in [4.69, 9.17) is 18.9 Å². The lowest BCUT2D eigenvalue weighted by Crippen LogP contribution is -2.32. The van der Waals surface area contributed by atoms with E-state index >= 15 is 0 Å². The molecule has 4 aliphatic heterocycles. The van der Waals surface area contributed by atoms with Crippen LogP contribution in [0.5, 0.6) is 46.0 Å². The maximum atomic E-state index is 6.98. The Hall–Kier alpha value is -6.70. The van der Waals surface area contributed by atoms with Gasteiger partial charge in [-0.3, -0.25) is 0 Å².